The topological polar surface area (TPSA) is 60.5 Å². The van der Waals surface area contributed by atoms with E-state index >= 15 is 0 Å². The van der Waals surface area contributed by atoms with Crippen LogP contribution in [0.5, 0.6) is 0 Å². The molecule has 0 N–H and O–H groups in total. The van der Waals surface area contributed by atoms with Crippen LogP contribution in [0.25, 0.3) is 0 Å². The molecule has 1 atom stereocenters. The van der Waals surface area contributed by atoms with Crippen LogP contribution in [0, 0.1) is 12.8 Å². The summed E-state index contributed by atoms with van der Waals surface area (Å²) in [6.45, 7) is 4.62. The van der Waals surface area contributed by atoms with Gasteiger partial charge in [0.15, 0.2) is 0 Å². The Morgan fingerprint density at radius 1 is 1.50 bits per heavy atom. The zero-order valence-electron chi connectivity index (χ0n) is 14.6. The molecule has 1 saturated heterocycles. The highest BCUT2D eigenvalue weighted by Crippen LogP contribution is 2.23. The predicted octanol–water partition coefficient (Wildman–Crippen LogP) is 2.56. The van der Waals surface area contributed by atoms with Gasteiger partial charge < -0.3 is 13.7 Å². The van der Waals surface area contributed by atoms with Crippen molar-refractivity contribution in [3.63, 3.8) is 0 Å². The monoisotopic (exact) mass is 331 g/mol. The van der Waals surface area contributed by atoms with E-state index in [-0.39, 0.29) is 5.97 Å². The first kappa shape index (κ1) is 16.8. The van der Waals surface area contributed by atoms with Crippen molar-refractivity contribution in [1.82, 2.24) is 14.5 Å². The van der Waals surface area contributed by atoms with Crippen molar-refractivity contribution >= 4 is 5.97 Å². The van der Waals surface area contributed by atoms with Crippen LogP contribution in [0.2, 0.25) is 0 Å². The first-order chi connectivity index (χ1) is 11.6. The minimum absolute atomic E-state index is 0.339. The van der Waals surface area contributed by atoms with Crippen molar-refractivity contribution in [1.29, 1.82) is 0 Å². The Balaban J connectivity index is 1.61. The maximum Gasteiger partial charge on any atom is 0.341 e. The van der Waals surface area contributed by atoms with Crippen molar-refractivity contribution in [2.24, 2.45) is 13.0 Å². The number of carbonyl (C=O) groups excluding carboxylic acids is 1. The van der Waals surface area contributed by atoms with Crippen LogP contribution in [0.15, 0.2) is 22.9 Å². The predicted molar refractivity (Wildman–Crippen MR) is 89.7 cm³/mol. The number of nitrogens with zero attached hydrogens (tertiary/aromatic N) is 3. The van der Waals surface area contributed by atoms with Crippen LogP contribution in [0.1, 0.15) is 40.5 Å². The molecule has 2 aromatic heterocycles. The summed E-state index contributed by atoms with van der Waals surface area (Å²) in [4.78, 5) is 18.5. The van der Waals surface area contributed by atoms with E-state index in [4.69, 9.17) is 9.15 Å². The lowest BCUT2D eigenvalue weighted by atomic mass is 9.94. The van der Waals surface area contributed by atoms with Gasteiger partial charge in [-0.15, -0.1) is 0 Å². The number of hydrogen-bond donors (Lipinski definition) is 0. The molecular formula is C18H25N3O3. The molecular weight excluding hydrogens is 306 g/mol. The molecule has 6 nitrogen and oxygen atoms in total. The molecule has 0 radical (unpaired) electrons. The van der Waals surface area contributed by atoms with Crippen molar-refractivity contribution in [3.05, 3.63) is 41.4 Å². The number of likely N-dealkylation sites (tertiary alicyclic amines) is 1. The molecule has 0 spiro atoms. The average molecular weight is 331 g/mol. The number of carbonyl (C=O) groups is 1. The van der Waals surface area contributed by atoms with E-state index in [1.54, 1.807) is 6.92 Å². The van der Waals surface area contributed by atoms with E-state index in [9.17, 15) is 4.79 Å². The molecule has 24 heavy (non-hydrogen) atoms. The van der Waals surface area contributed by atoms with Gasteiger partial charge in [0.05, 0.1) is 13.7 Å². The lowest BCUT2D eigenvalue weighted by molar-refractivity contribution is 0.0599. The number of methoxy groups -OCH3 is 1. The third-order valence-corrected chi connectivity index (χ3v) is 4.75. The minimum Gasteiger partial charge on any atom is -0.465 e. The van der Waals surface area contributed by atoms with E-state index in [1.165, 1.54) is 20.0 Å². The lowest BCUT2D eigenvalue weighted by Gasteiger charge is -2.32. The van der Waals surface area contributed by atoms with Crippen LogP contribution >= 0.6 is 0 Å². The Kier molecular flexibility index (Phi) is 5.04. The van der Waals surface area contributed by atoms with Gasteiger partial charge in [0.1, 0.15) is 22.9 Å². The van der Waals surface area contributed by atoms with Crippen LogP contribution in [-0.4, -0.2) is 40.6 Å². The number of piperidine rings is 1. The Morgan fingerprint density at radius 2 is 2.33 bits per heavy atom. The summed E-state index contributed by atoms with van der Waals surface area (Å²) >= 11 is 0. The molecule has 0 amide bonds. The lowest BCUT2D eigenvalue weighted by Crippen LogP contribution is -2.36. The van der Waals surface area contributed by atoms with Crippen LogP contribution in [-0.2, 0) is 24.8 Å². The van der Waals surface area contributed by atoms with Gasteiger partial charge in [-0.2, -0.15) is 0 Å². The molecule has 2 aromatic rings. The number of esters is 1. The minimum atomic E-state index is -0.339. The second-order valence-corrected chi connectivity index (χ2v) is 6.58. The van der Waals surface area contributed by atoms with Gasteiger partial charge in [-0.05, 0) is 38.3 Å². The van der Waals surface area contributed by atoms with Gasteiger partial charge >= 0.3 is 5.97 Å². The van der Waals surface area contributed by atoms with Gasteiger partial charge in [-0.1, -0.05) is 0 Å². The molecule has 0 bridgehead atoms. The molecule has 3 rings (SSSR count). The molecule has 1 aliphatic rings. The van der Waals surface area contributed by atoms with Crippen molar-refractivity contribution in [3.8, 4) is 0 Å². The largest absolute Gasteiger partial charge is 0.465 e. The standard InChI is InChI=1S/C18H25N3O3/c1-13-16(18(22)23-3)10-15(24-13)12-21-7-4-5-14(11-21)9-17-19-6-8-20(17)2/h6,8,10,14H,4-5,7,9,11-12H2,1-3H3/t14-/m0/s1. The van der Waals surface area contributed by atoms with Gasteiger partial charge in [0.2, 0.25) is 0 Å². The zero-order valence-corrected chi connectivity index (χ0v) is 14.6. The normalized spacial score (nSPS) is 18.7. The third-order valence-electron chi connectivity index (χ3n) is 4.75. The summed E-state index contributed by atoms with van der Waals surface area (Å²) in [5, 5.41) is 0. The SMILES string of the molecule is COC(=O)c1cc(CN2CCC[C@@H](Cc3nccn3C)C2)oc1C. The molecule has 130 valence electrons. The molecule has 0 saturated carbocycles. The van der Waals surface area contributed by atoms with Crippen LogP contribution < -0.4 is 0 Å². The molecule has 0 aliphatic carbocycles. The maximum absolute atomic E-state index is 11.7. The molecule has 6 heteroatoms. The Bertz CT molecular complexity index is 704. The van der Waals surface area contributed by atoms with Gasteiger partial charge in [-0.3, -0.25) is 4.90 Å². The highest BCUT2D eigenvalue weighted by Gasteiger charge is 2.23. The van der Waals surface area contributed by atoms with Crippen LogP contribution in [0.3, 0.4) is 0 Å². The number of imidazole rings is 1. The van der Waals surface area contributed by atoms with Gasteiger partial charge in [0, 0.05) is 32.4 Å². The molecule has 1 aliphatic heterocycles. The quantitative estimate of drug-likeness (QED) is 0.788. The van der Waals surface area contributed by atoms with E-state index in [1.807, 2.05) is 25.5 Å². The third kappa shape index (κ3) is 3.70. The Morgan fingerprint density at radius 3 is 3.04 bits per heavy atom. The second-order valence-electron chi connectivity index (χ2n) is 6.58. The summed E-state index contributed by atoms with van der Waals surface area (Å²) in [6.07, 6.45) is 7.27. The summed E-state index contributed by atoms with van der Waals surface area (Å²) < 4.78 is 12.6. The molecule has 1 fully saturated rings. The summed E-state index contributed by atoms with van der Waals surface area (Å²) in [5.74, 6) is 2.86. The molecule has 3 heterocycles. The van der Waals surface area contributed by atoms with Crippen molar-refractivity contribution in [2.75, 3.05) is 20.2 Å². The fraction of sp³-hybridized carbons (Fsp3) is 0.556. The fourth-order valence-corrected chi connectivity index (χ4v) is 3.47. The number of rotatable bonds is 5. The van der Waals surface area contributed by atoms with Crippen molar-refractivity contribution in [2.45, 2.75) is 32.7 Å². The highest BCUT2D eigenvalue weighted by molar-refractivity contribution is 5.90. The number of aromatic nitrogens is 2. The fourth-order valence-electron chi connectivity index (χ4n) is 3.47. The Hall–Kier alpha value is -2.08. The van der Waals surface area contributed by atoms with E-state index in [2.05, 4.69) is 14.5 Å². The van der Waals surface area contributed by atoms with Crippen molar-refractivity contribution < 1.29 is 13.9 Å². The number of aryl methyl sites for hydroxylation is 2. The first-order valence-electron chi connectivity index (χ1n) is 8.43. The van der Waals surface area contributed by atoms with E-state index in [0.29, 0.717) is 17.2 Å². The van der Waals surface area contributed by atoms with Gasteiger partial charge in [-0.25, -0.2) is 9.78 Å². The zero-order chi connectivity index (χ0) is 17.1. The van der Waals surface area contributed by atoms with E-state index in [0.717, 1.165) is 37.6 Å². The summed E-state index contributed by atoms with van der Waals surface area (Å²) in [7, 11) is 3.43. The smallest absolute Gasteiger partial charge is 0.341 e. The van der Waals surface area contributed by atoms with Crippen LogP contribution in [0.4, 0.5) is 0 Å². The van der Waals surface area contributed by atoms with E-state index < -0.39 is 0 Å². The highest BCUT2D eigenvalue weighted by atomic mass is 16.5. The average Bonchev–Trinajstić information content (AvgIpc) is 3.13. The summed E-state index contributed by atoms with van der Waals surface area (Å²) in [6, 6.07) is 1.81. The molecule has 0 unspecified atom stereocenters. The number of furan rings is 1. The molecule has 0 aromatic carbocycles. The maximum atomic E-state index is 11.7. The second kappa shape index (κ2) is 7.21. The number of hydrogen-bond acceptors (Lipinski definition) is 5. The van der Waals surface area contributed by atoms with Gasteiger partial charge in [0.25, 0.3) is 0 Å². The Labute approximate surface area is 142 Å². The number of ether oxygens (including phenoxy) is 1. The first-order valence-corrected chi connectivity index (χ1v) is 8.43. The summed E-state index contributed by atoms with van der Waals surface area (Å²) in [5.41, 5.74) is 0.522.